The second-order valence-electron chi connectivity index (χ2n) is 5.38. The van der Waals surface area contributed by atoms with E-state index in [1.165, 1.54) is 0 Å². The van der Waals surface area contributed by atoms with Crippen LogP contribution in [0.25, 0.3) is 0 Å². The summed E-state index contributed by atoms with van der Waals surface area (Å²) in [5.74, 6) is -0.480. The van der Waals surface area contributed by atoms with E-state index >= 15 is 0 Å². The van der Waals surface area contributed by atoms with E-state index in [1.54, 1.807) is 24.3 Å². The van der Waals surface area contributed by atoms with Crippen molar-refractivity contribution < 1.29 is 9.59 Å². The molecule has 0 atom stereocenters. The molecule has 20 heavy (non-hydrogen) atoms. The first-order chi connectivity index (χ1) is 8.81. The monoisotopic (exact) mass is 299 g/mol. The number of rotatable bonds is 4. The minimum Gasteiger partial charge on any atom is -0.350 e. The van der Waals surface area contributed by atoms with E-state index in [4.69, 9.17) is 5.73 Å². The summed E-state index contributed by atoms with van der Waals surface area (Å²) in [6.45, 7) is 6.07. The fourth-order valence-corrected chi connectivity index (χ4v) is 1.52. The Kier molecular flexibility index (Phi) is 7.24. The van der Waals surface area contributed by atoms with Crippen LogP contribution in [-0.2, 0) is 11.3 Å². The van der Waals surface area contributed by atoms with Gasteiger partial charge in [-0.2, -0.15) is 0 Å². The van der Waals surface area contributed by atoms with Gasteiger partial charge in [0.25, 0.3) is 5.91 Å². The number of hydrogen-bond donors (Lipinski definition) is 3. The Morgan fingerprint density at radius 2 is 1.70 bits per heavy atom. The number of halogens is 1. The lowest BCUT2D eigenvalue weighted by Gasteiger charge is -2.20. The third-order valence-electron chi connectivity index (χ3n) is 2.38. The number of carbonyl (C=O) groups is 2. The van der Waals surface area contributed by atoms with E-state index < -0.39 is 0 Å². The molecule has 0 aliphatic rings. The van der Waals surface area contributed by atoms with Gasteiger partial charge in [-0.25, -0.2) is 0 Å². The molecule has 0 aromatic heterocycles. The highest BCUT2D eigenvalue weighted by Gasteiger charge is 2.14. The van der Waals surface area contributed by atoms with Crippen LogP contribution < -0.4 is 16.4 Å². The summed E-state index contributed by atoms with van der Waals surface area (Å²) in [5.41, 5.74) is 6.65. The normalized spacial score (nSPS) is 10.4. The largest absolute Gasteiger partial charge is 0.350 e. The lowest BCUT2D eigenvalue weighted by atomic mass is 10.1. The van der Waals surface area contributed by atoms with Gasteiger partial charge in [-0.05, 0) is 38.5 Å². The molecule has 0 heterocycles. The van der Waals surface area contributed by atoms with Gasteiger partial charge in [0, 0.05) is 17.6 Å². The first-order valence-corrected chi connectivity index (χ1v) is 6.20. The van der Waals surface area contributed by atoms with E-state index in [0.717, 1.165) is 5.56 Å². The van der Waals surface area contributed by atoms with Crippen molar-refractivity contribution in [1.29, 1.82) is 0 Å². The zero-order chi connectivity index (χ0) is 14.5. The molecule has 0 unspecified atom stereocenters. The van der Waals surface area contributed by atoms with Crippen LogP contribution in [0.3, 0.4) is 0 Å². The van der Waals surface area contributed by atoms with Gasteiger partial charge in [0.1, 0.15) is 0 Å². The van der Waals surface area contributed by atoms with Crippen molar-refractivity contribution in [1.82, 2.24) is 10.6 Å². The van der Waals surface area contributed by atoms with Gasteiger partial charge in [0.2, 0.25) is 5.91 Å². The van der Waals surface area contributed by atoms with Crippen LogP contribution in [0, 0.1) is 0 Å². The second kappa shape index (κ2) is 7.87. The predicted octanol–water partition coefficient (Wildman–Crippen LogP) is 1.21. The first kappa shape index (κ1) is 18.4. The van der Waals surface area contributed by atoms with Gasteiger partial charge in [-0.15, -0.1) is 12.4 Å². The highest BCUT2D eigenvalue weighted by molar-refractivity contribution is 5.96. The van der Waals surface area contributed by atoms with Gasteiger partial charge in [0.05, 0.1) is 6.54 Å². The third kappa shape index (κ3) is 6.54. The average molecular weight is 300 g/mol. The van der Waals surface area contributed by atoms with Gasteiger partial charge < -0.3 is 16.4 Å². The van der Waals surface area contributed by atoms with E-state index in [0.29, 0.717) is 12.1 Å². The first-order valence-electron chi connectivity index (χ1n) is 6.20. The van der Waals surface area contributed by atoms with Crippen molar-refractivity contribution in [3.63, 3.8) is 0 Å². The zero-order valence-electron chi connectivity index (χ0n) is 12.0. The van der Waals surface area contributed by atoms with Crippen molar-refractivity contribution in [3.05, 3.63) is 35.4 Å². The van der Waals surface area contributed by atoms with Crippen molar-refractivity contribution in [3.8, 4) is 0 Å². The molecule has 5 nitrogen and oxygen atoms in total. The molecule has 0 saturated heterocycles. The molecule has 0 bridgehead atoms. The molecule has 0 saturated carbocycles. The summed E-state index contributed by atoms with van der Waals surface area (Å²) in [7, 11) is 0. The highest BCUT2D eigenvalue weighted by atomic mass is 35.5. The summed E-state index contributed by atoms with van der Waals surface area (Å²) in [4.78, 5) is 23.3. The fourth-order valence-electron chi connectivity index (χ4n) is 1.52. The summed E-state index contributed by atoms with van der Waals surface area (Å²) in [6, 6.07) is 6.98. The van der Waals surface area contributed by atoms with E-state index in [2.05, 4.69) is 10.6 Å². The Morgan fingerprint density at radius 3 is 2.15 bits per heavy atom. The molecule has 0 spiro atoms. The van der Waals surface area contributed by atoms with E-state index in [1.807, 2.05) is 20.8 Å². The molecule has 0 radical (unpaired) electrons. The SMILES string of the molecule is CC(C)(C)NC(=O)CNC(=O)c1ccc(CN)cc1.Cl. The molecule has 6 heteroatoms. The molecule has 2 amide bonds. The zero-order valence-corrected chi connectivity index (χ0v) is 12.8. The number of nitrogens with one attached hydrogen (secondary N) is 2. The topological polar surface area (TPSA) is 84.2 Å². The molecule has 0 fully saturated rings. The van der Waals surface area contributed by atoms with Crippen LogP contribution in [0.1, 0.15) is 36.7 Å². The molecule has 0 aliphatic heterocycles. The van der Waals surface area contributed by atoms with Crippen LogP contribution in [0.5, 0.6) is 0 Å². The Morgan fingerprint density at radius 1 is 1.15 bits per heavy atom. The van der Waals surface area contributed by atoms with Gasteiger partial charge >= 0.3 is 0 Å². The lowest BCUT2D eigenvalue weighted by molar-refractivity contribution is -0.121. The van der Waals surface area contributed by atoms with Crippen LogP contribution >= 0.6 is 12.4 Å². The quantitative estimate of drug-likeness (QED) is 0.781. The molecule has 112 valence electrons. The standard InChI is InChI=1S/C14H21N3O2.ClH/c1-14(2,3)17-12(18)9-16-13(19)11-6-4-10(8-15)5-7-11;/h4-7H,8-9,15H2,1-3H3,(H,16,19)(H,17,18);1H. The number of benzene rings is 1. The number of nitrogens with two attached hydrogens (primary N) is 1. The predicted molar refractivity (Wildman–Crippen MR) is 81.8 cm³/mol. The Labute approximate surface area is 125 Å². The second-order valence-corrected chi connectivity index (χ2v) is 5.38. The third-order valence-corrected chi connectivity index (χ3v) is 2.38. The smallest absolute Gasteiger partial charge is 0.251 e. The lowest BCUT2D eigenvalue weighted by Crippen LogP contribution is -2.45. The number of carbonyl (C=O) groups excluding carboxylic acids is 2. The molecule has 1 aromatic carbocycles. The van der Waals surface area contributed by atoms with Gasteiger partial charge in [-0.1, -0.05) is 12.1 Å². The van der Waals surface area contributed by atoms with E-state index in [-0.39, 0.29) is 36.3 Å². The fraction of sp³-hybridized carbons (Fsp3) is 0.429. The van der Waals surface area contributed by atoms with Crippen LogP contribution in [0.4, 0.5) is 0 Å². The van der Waals surface area contributed by atoms with E-state index in [9.17, 15) is 9.59 Å². The highest BCUT2D eigenvalue weighted by Crippen LogP contribution is 2.03. The summed E-state index contributed by atoms with van der Waals surface area (Å²) >= 11 is 0. The number of hydrogen-bond acceptors (Lipinski definition) is 3. The van der Waals surface area contributed by atoms with Crippen molar-refractivity contribution in [2.24, 2.45) is 5.73 Å². The molecule has 1 aromatic rings. The van der Waals surface area contributed by atoms with Crippen molar-refractivity contribution in [2.75, 3.05) is 6.54 Å². The van der Waals surface area contributed by atoms with Crippen molar-refractivity contribution >= 4 is 24.2 Å². The van der Waals surface area contributed by atoms with Crippen LogP contribution in [0.15, 0.2) is 24.3 Å². The molecule has 4 N–H and O–H groups in total. The maximum Gasteiger partial charge on any atom is 0.251 e. The molecular formula is C14H22ClN3O2. The van der Waals surface area contributed by atoms with Crippen LogP contribution in [-0.4, -0.2) is 23.9 Å². The Hall–Kier alpha value is -1.59. The summed E-state index contributed by atoms with van der Waals surface area (Å²) < 4.78 is 0. The van der Waals surface area contributed by atoms with Crippen molar-refractivity contribution in [2.45, 2.75) is 32.9 Å². The summed E-state index contributed by atoms with van der Waals surface area (Å²) in [5, 5.41) is 5.35. The summed E-state index contributed by atoms with van der Waals surface area (Å²) in [6.07, 6.45) is 0. The van der Waals surface area contributed by atoms with Gasteiger partial charge in [-0.3, -0.25) is 9.59 Å². The Bertz CT molecular complexity index is 452. The maximum absolute atomic E-state index is 11.8. The minimum absolute atomic E-state index is 0. The van der Waals surface area contributed by atoms with Gasteiger partial charge in [0.15, 0.2) is 0 Å². The molecule has 0 aliphatic carbocycles. The number of amides is 2. The maximum atomic E-state index is 11.8. The molecular weight excluding hydrogens is 278 g/mol. The molecule has 1 rings (SSSR count). The average Bonchev–Trinajstić information content (AvgIpc) is 2.34. The van der Waals surface area contributed by atoms with Crippen LogP contribution in [0.2, 0.25) is 0 Å². The Balaban J connectivity index is 0.00000361. The minimum atomic E-state index is -0.301.